The number of ketones is 1. The topological polar surface area (TPSA) is 66.8 Å². The maximum Gasteiger partial charge on any atom is 0.241 e. The largest absolute Gasteiger partial charge is 0.507 e. The third kappa shape index (κ3) is 3.41. The van der Waals surface area contributed by atoms with E-state index in [0.717, 1.165) is 19.3 Å². The fourth-order valence-electron chi connectivity index (χ4n) is 4.34. The summed E-state index contributed by atoms with van der Waals surface area (Å²) in [5.74, 6) is -0.155. The highest BCUT2D eigenvalue weighted by atomic mass is 16.5. The molecule has 0 unspecified atom stereocenters. The van der Waals surface area contributed by atoms with Crippen LogP contribution in [0.25, 0.3) is 5.76 Å². The molecule has 2 aliphatic rings. The molecule has 5 nitrogen and oxygen atoms in total. The molecule has 3 rings (SSSR count). The number of hydrogen-bond acceptors (Lipinski definition) is 4. The molecule has 27 heavy (non-hydrogen) atoms. The Hall–Kier alpha value is -2.14. The summed E-state index contributed by atoms with van der Waals surface area (Å²) in [5.41, 5.74) is -0.0518. The number of nitrogens with zero attached hydrogens (tertiary/aromatic N) is 1. The van der Waals surface area contributed by atoms with Crippen LogP contribution in [-0.4, -0.2) is 48.0 Å². The number of fused-ring (bicyclic) bond motifs is 1. The monoisotopic (exact) mass is 371 g/mol. The smallest absolute Gasteiger partial charge is 0.241 e. The molecule has 1 aromatic carbocycles. The van der Waals surface area contributed by atoms with Gasteiger partial charge in [0.1, 0.15) is 11.2 Å². The van der Waals surface area contributed by atoms with Gasteiger partial charge in [0.2, 0.25) is 5.91 Å². The highest BCUT2D eigenvalue weighted by Gasteiger charge is 2.52. The maximum absolute atomic E-state index is 13.8. The molecule has 0 bridgehead atoms. The lowest BCUT2D eigenvalue weighted by Gasteiger charge is -2.39. The van der Waals surface area contributed by atoms with Crippen molar-refractivity contribution in [1.82, 2.24) is 4.90 Å². The van der Waals surface area contributed by atoms with Crippen molar-refractivity contribution in [3.63, 3.8) is 0 Å². The Balaban J connectivity index is 2.10. The van der Waals surface area contributed by atoms with Crippen LogP contribution in [0.4, 0.5) is 0 Å². The first-order valence-electron chi connectivity index (χ1n) is 9.76. The van der Waals surface area contributed by atoms with Gasteiger partial charge in [0.05, 0.1) is 12.6 Å². The van der Waals surface area contributed by atoms with Gasteiger partial charge in [0.15, 0.2) is 5.78 Å². The van der Waals surface area contributed by atoms with Crippen LogP contribution < -0.4 is 0 Å². The minimum Gasteiger partial charge on any atom is -0.507 e. The second-order valence-corrected chi connectivity index (χ2v) is 8.03. The first kappa shape index (κ1) is 19.6. The van der Waals surface area contributed by atoms with E-state index in [4.69, 9.17) is 4.74 Å². The zero-order valence-corrected chi connectivity index (χ0v) is 16.4. The van der Waals surface area contributed by atoms with E-state index in [1.165, 1.54) is 6.08 Å². The fraction of sp³-hybridized carbons (Fsp3) is 0.545. The van der Waals surface area contributed by atoms with Crippen molar-refractivity contribution in [1.29, 1.82) is 0 Å². The van der Waals surface area contributed by atoms with Crippen molar-refractivity contribution in [3.8, 4) is 0 Å². The molecule has 0 spiro atoms. The van der Waals surface area contributed by atoms with E-state index >= 15 is 0 Å². The van der Waals surface area contributed by atoms with Gasteiger partial charge in [-0.1, -0.05) is 38.1 Å². The molecule has 1 saturated heterocycles. The number of carbonyl (C=O) groups is 2. The molecule has 1 aliphatic carbocycles. The van der Waals surface area contributed by atoms with E-state index in [0.29, 0.717) is 36.6 Å². The van der Waals surface area contributed by atoms with Crippen LogP contribution in [0.2, 0.25) is 0 Å². The molecule has 2 atom stereocenters. The molecule has 146 valence electrons. The lowest BCUT2D eigenvalue weighted by atomic mass is 9.66. The maximum atomic E-state index is 13.8. The van der Waals surface area contributed by atoms with E-state index in [-0.39, 0.29) is 23.5 Å². The average molecular weight is 371 g/mol. The van der Waals surface area contributed by atoms with E-state index in [1.807, 2.05) is 23.1 Å². The Morgan fingerprint density at radius 1 is 1.37 bits per heavy atom. The van der Waals surface area contributed by atoms with Crippen molar-refractivity contribution in [2.75, 3.05) is 20.3 Å². The molecular formula is C22H29NO4. The van der Waals surface area contributed by atoms with Crippen molar-refractivity contribution in [2.24, 2.45) is 5.92 Å². The molecule has 1 fully saturated rings. The van der Waals surface area contributed by atoms with E-state index in [2.05, 4.69) is 13.8 Å². The summed E-state index contributed by atoms with van der Waals surface area (Å²) >= 11 is 0. The summed E-state index contributed by atoms with van der Waals surface area (Å²) in [6, 6.07) is 7.24. The van der Waals surface area contributed by atoms with Crippen molar-refractivity contribution < 1.29 is 19.4 Å². The molecule has 0 radical (unpaired) electrons. The van der Waals surface area contributed by atoms with Gasteiger partial charge in [-0.3, -0.25) is 9.59 Å². The fourth-order valence-corrected chi connectivity index (χ4v) is 4.34. The van der Waals surface area contributed by atoms with Crippen LogP contribution in [0.3, 0.4) is 0 Å². The van der Waals surface area contributed by atoms with Crippen molar-refractivity contribution in [3.05, 3.63) is 41.5 Å². The summed E-state index contributed by atoms with van der Waals surface area (Å²) in [6.07, 6.45) is 4.23. The lowest BCUT2D eigenvalue weighted by Crippen LogP contribution is -2.55. The van der Waals surface area contributed by atoms with Crippen molar-refractivity contribution in [2.45, 2.75) is 51.0 Å². The third-order valence-electron chi connectivity index (χ3n) is 5.81. The molecule has 5 heteroatoms. The first-order chi connectivity index (χ1) is 12.9. The van der Waals surface area contributed by atoms with E-state index in [1.54, 1.807) is 13.2 Å². The number of carbonyl (C=O) groups excluding carboxylic acids is 2. The number of methoxy groups -OCH3 is 1. The van der Waals surface area contributed by atoms with Gasteiger partial charge in [0.25, 0.3) is 0 Å². The number of rotatable bonds is 6. The quantitative estimate of drug-likeness (QED) is 0.778. The number of benzene rings is 1. The highest BCUT2D eigenvalue weighted by molar-refractivity contribution is 6.20. The zero-order chi connectivity index (χ0) is 19.6. The van der Waals surface area contributed by atoms with Gasteiger partial charge in [-0.15, -0.1) is 0 Å². The molecule has 1 aromatic rings. The number of amides is 1. The van der Waals surface area contributed by atoms with E-state index < -0.39 is 5.41 Å². The number of ether oxygens (including phenoxy) is 1. The number of aliphatic hydroxyl groups excluding tert-OH is 1. The minimum absolute atomic E-state index is 0.00195. The average Bonchev–Trinajstić information content (AvgIpc) is 3.10. The third-order valence-corrected chi connectivity index (χ3v) is 5.81. The molecule has 1 heterocycles. The van der Waals surface area contributed by atoms with Gasteiger partial charge in [-0.2, -0.15) is 0 Å². The van der Waals surface area contributed by atoms with Gasteiger partial charge in [0, 0.05) is 25.3 Å². The Morgan fingerprint density at radius 3 is 2.81 bits per heavy atom. The van der Waals surface area contributed by atoms with Gasteiger partial charge >= 0.3 is 0 Å². The summed E-state index contributed by atoms with van der Waals surface area (Å²) in [4.78, 5) is 28.9. The molecular weight excluding hydrogens is 342 g/mol. The summed E-state index contributed by atoms with van der Waals surface area (Å²) in [5, 5.41) is 10.3. The summed E-state index contributed by atoms with van der Waals surface area (Å²) in [6.45, 7) is 5.30. The van der Waals surface area contributed by atoms with Crippen LogP contribution in [0.15, 0.2) is 30.3 Å². The van der Waals surface area contributed by atoms with Gasteiger partial charge < -0.3 is 14.7 Å². The number of aliphatic hydroxyl groups is 1. The van der Waals surface area contributed by atoms with Crippen LogP contribution in [0.1, 0.15) is 50.7 Å². The predicted octanol–water partition coefficient (Wildman–Crippen LogP) is 3.48. The number of hydrogen-bond donors (Lipinski definition) is 1. The Kier molecular flexibility index (Phi) is 5.70. The standard InChI is InChI=1S/C22H29NO4/c1-15(2)10-11-22(21(26)23-12-6-7-16(23)14-27-3)18-9-5-4-8-17(18)19(24)13-20(22)25/h4-5,8-9,13,15-16,24H,6-7,10-12,14H2,1-3H3/t16-,22+/m0/s1. The predicted molar refractivity (Wildman–Crippen MR) is 104 cm³/mol. The Morgan fingerprint density at radius 2 is 2.11 bits per heavy atom. The molecule has 0 saturated carbocycles. The second kappa shape index (κ2) is 7.85. The molecule has 1 amide bonds. The summed E-state index contributed by atoms with van der Waals surface area (Å²) < 4.78 is 5.31. The molecule has 0 aromatic heterocycles. The van der Waals surface area contributed by atoms with Gasteiger partial charge in [-0.25, -0.2) is 0 Å². The second-order valence-electron chi connectivity index (χ2n) is 8.03. The minimum atomic E-state index is -1.26. The summed E-state index contributed by atoms with van der Waals surface area (Å²) in [7, 11) is 1.64. The molecule has 1 aliphatic heterocycles. The first-order valence-corrected chi connectivity index (χ1v) is 9.76. The highest BCUT2D eigenvalue weighted by Crippen LogP contribution is 2.43. The van der Waals surface area contributed by atoms with Crippen LogP contribution in [-0.2, 0) is 19.7 Å². The van der Waals surface area contributed by atoms with Crippen LogP contribution in [0.5, 0.6) is 0 Å². The molecule has 1 N–H and O–H groups in total. The number of allylic oxidation sites excluding steroid dienone is 1. The van der Waals surface area contributed by atoms with E-state index in [9.17, 15) is 14.7 Å². The van der Waals surface area contributed by atoms with Crippen LogP contribution >= 0.6 is 0 Å². The lowest BCUT2D eigenvalue weighted by molar-refractivity contribution is -0.144. The Labute approximate surface area is 161 Å². The van der Waals surface area contributed by atoms with Gasteiger partial charge in [-0.05, 0) is 37.2 Å². The van der Waals surface area contributed by atoms with Crippen LogP contribution in [0, 0.1) is 5.92 Å². The number of likely N-dealkylation sites (tertiary alicyclic amines) is 1. The van der Waals surface area contributed by atoms with Crippen molar-refractivity contribution >= 4 is 17.4 Å². The SMILES string of the molecule is COC[C@@H]1CCCN1C(=O)[C@@]1(CCC(C)C)C(=O)C=C(O)c2ccccc21. The normalized spacial score (nSPS) is 24.9. The zero-order valence-electron chi connectivity index (χ0n) is 16.4. The Bertz CT molecular complexity index is 754.